The number of esters is 1. The summed E-state index contributed by atoms with van der Waals surface area (Å²) in [6, 6.07) is 12.4. The van der Waals surface area contributed by atoms with E-state index >= 15 is 0 Å². The van der Waals surface area contributed by atoms with Crippen molar-refractivity contribution in [2.75, 3.05) is 7.11 Å². The van der Waals surface area contributed by atoms with Crippen LogP contribution in [0.2, 0.25) is 0 Å². The Kier molecular flexibility index (Phi) is 3.72. The third kappa shape index (κ3) is 1.91. The van der Waals surface area contributed by atoms with Crippen LogP contribution in [0.3, 0.4) is 0 Å². The van der Waals surface area contributed by atoms with E-state index in [0.29, 0.717) is 0 Å². The van der Waals surface area contributed by atoms with Crippen LogP contribution in [0.4, 0.5) is 0 Å². The van der Waals surface area contributed by atoms with Gasteiger partial charge in [-0.1, -0.05) is 54.6 Å². The lowest BCUT2D eigenvalue weighted by molar-refractivity contribution is -0.208. The highest BCUT2D eigenvalue weighted by atomic mass is 16.6. The SMILES string of the molecule is COC(=O)[C@@]12C(=O)c3ccccc3C(O)(C3=C1C(=O)c1ccccc1C3=O)[C@@]21C=CC(C)(C)O1. The molecule has 0 aromatic heterocycles. The first-order chi connectivity index (χ1) is 16.1. The molecule has 0 amide bonds. The van der Waals surface area contributed by atoms with Crippen LogP contribution in [-0.2, 0) is 19.9 Å². The summed E-state index contributed by atoms with van der Waals surface area (Å²) < 4.78 is 11.5. The minimum atomic E-state index is -2.41. The van der Waals surface area contributed by atoms with Crippen LogP contribution < -0.4 is 0 Å². The van der Waals surface area contributed by atoms with Crippen LogP contribution in [0.15, 0.2) is 71.8 Å². The predicted octanol–water partition coefficient (Wildman–Crippen LogP) is 2.72. The number of aliphatic hydroxyl groups is 1. The minimum Gasteiger partial charge on any atom is -0.468 e. The Labute approximate surface area is 194 Å². The maximum Gasteiger partial charge on any atom is 0.328 e. The third-order valence-corrected chi connectivity index (χ3v) is 7.49. The number of carbonyl (C=O) groups excluding carboxylic acids is 4. The lowest BCUT2D eigenvalue weighted by Crippen LogP contribution is -2.68. The highest BCUT2D eigenvalue weighted by Gasteiger charge is 2.85. The molecule has 3 aliphatic carbocycles. The fourth-order valence-electron chi connectivity index (χ4n) is 6.23. The van der Waals surface area contributed by atoms with Crippen LogP contribution in [0.5, 0.6) is 0 Å². The number of benzene rings is 2. The molecule has 0 fully saturated rings. The largest absolute Gasteiger partial charge is 0.468 e. The molecule has 0 saturated heterocycles. The van der Waals surface area contributed by atoms with Crippen molar-refractivity contribution in [3.05, 3.63) is 94.1 Å². The molecule has 3 atom stereocenters. The first-order valence-electron chi connectivity index (χ1n) is 10.9. The number of methoxy groups -OCH3 is 1. The zero-order valence-corrected chi connectivity index (χ0v) is 18.7. The smallest absolute Gasteiger partial charge is 0.328 e. The van der Waals surface area contributed by atoms with Gasteiger partial charge in [0.25, 0.3) is 0 Å². The van der Waals surface area contributed by atoms with Gasteiger partial charge in [-0.3, -0.25) is 19.2 Å². The zero-order chi connectivity index (χ0) is 24.3. The van der Waals surface area contributed by atoms with Gasteiger partial charge < -0.3 is 14.6 Å². The second-order valence-corrected chi connectivity index (χ2v) is 9.56. The molecule has 34 heavy (non-hydrogen) atoms. The molecule has 1 N–H and O–H groups in total. The number of hydrogen-bond donors (Lipinski definition) is 1. The van der Waals surface area contributed by atoms with Crippen molar-refractivity contribution >= 4 is 23.3 Å². The molecule has 1 heterocycles. The van der Waals surface area contributed by atoms with Crippen molar-refractivity contribution < 1.29 is 33.8 Å². The van der Waals surface area contributed by atoms with Crippen molar-refractivity contribution in [1.29, 1.82) is 0 Å². The maximum atomic E-state index is 14.3. The van der Waals surface area contributed by atoms with Gasteiger partial charge >= 0.3 is 5.97 Å². The summed E-state index contributed by atoms with van der Waals surface area (Å²) >= 11 is 0. The van der Waals surface area contributed by atoms with Gasteiger partial charge in [0, 0.05) is 33.4 Å². The van der Waals surface area contributed by atoms with E-state index in [2.05, 4.69) is 0 Å². The van der Waals surface area contributed by atoms with E-state index in [1.54, 1.807) is 44.2 Å². The van der Waals surface area contributed by atoms with Crippen molar-refractivity contribution in [3.63, 3.8) is 0 Å². The first kappa shape index (κ1) is 20.9. The van der Waals surface area contributed by atoms with Crippen molar-refractivity contribution in [3.8, 4) is 0 Å². The van der Waals surface area contributed by atoms with E-state index in [0.717, 1.165) is 7.11 Å². The maximum absolute atomic E-state index is 14.3. The van der Waals surface area contributed by atoms with Gasteiger partial charge in [0.15, 0.2) is 34.0 Å². The molecule has 170 valence electrons. The summed E-state index contributed by atoms with van der Waals surface area (Å²) in [4.78, 5) is 56.0. The van der Waals surface area contributed by atoms with E-state index in [9.17, 15) is 24.3 Å². The zero-order valence-electron chi connectivity index (χ0n) is 18.7. The average Bonchev–Trinajstić information content (AvgIpc) is 3.24. The molecule has 0 saturated carbocycles. The van der Waals surface area contributed by atoms with Crippen molar-refractivity contribution in [2.24, 2.45) is 5.41 Å². The van der Waals surface area contributed by atoms with Gasteiger partial charge in [-0.15, -0.1) is 0 Å². The molecule has 1 unspecified atom stereocenters. The highest BCUT2D eigenvalue weighted by Crippen LogP contribution is 2.70. The second-order valence-electron chi connectivity index (χ2n) is 9.56. The molecule has 6 rings (SSSR count). The number of rotatable bonds is 1. The van der Waals surface area contributed by atoms with Gasteiger partial charge in [-0.2, -0.15) is 0 Å². The second kappa shape index (κ2) is 6.05. The number of carbonyl (C=O) groups is 4. The van der Waals surface area contributed by atoms with E-state index in [-0.39, 0.29) is 33.4 Å². The van der Waals surface area contributed by atoms with Crippen molar-refractivity contribution in [1.82, 2.24) is 0 Å². The Hall–Kier alpha value is -3.68. The van der Waals surface area contributed by atoms with Gasteiger partial charge in [0.1, 0.15) is 0 Å². The molecule has 7 nitrogen and oxygen atoms in total. The van der Waals surface area contributed by atoms with Crippen LogP contribution in [-0.4, -0.2) is 46.7 Å². The Balaban J connectivity index is 1.85. The Bertz CT molecular complexity index is 1440. The van der Waals surface area contributed by atoms with Crippen LogP contribution >= 0.6 is 0 Å². The molecule has 1 spiro atoms. The molecule has 1 aliphatic heterocycles. The molecule has 2 aromatic rings. The summed E-state index contributed by atoms with van der Waals surface area (Å²) in [7, 11) is 1.10. The quantitative estimate of drug-likeness (QED) is 0.399. The normalized spacial score (nSPS) is 32.1. The monoisotopic (exact) mass is 456 g/mol. The summed E-state index contributed by atoms with van der Waals surface area (Å²) in [6.45, 7) is 3.41. The summed E-state index contributed by atoms with van der Waals surface area (Å²) in [6.07, 6.45) is 3.07. The fraction of sp³-hybridized carbons (Fsp3) is 0.259. The Morgan fingerprint density at radius 3 is 1.97 bits per heavy atom. The molecular weight excluding hydrogens is 436 g/mol. The summed E-state index contributed by atoms with van der Waals surface area (Å²) in [5.41, 5.74) is -8.25. The van der Waals surface area contributed by atoms with E-state index in [1.807, 2.05) is 0 Å². The van der Waals surface area contributed by atoms with Crippen LogP contribution in [0, 0.1) is 5.41 Å². The Morgan fingerprint density at radius 1 is 0.853 bits per heavy atom. The van der Waals surface area contributed by atoms with Gasteiger partial charge in [-0.25, -0.2) is 0 Å². The fourth-order valence-corrected chi connectivity index (χ4v) is 6.23. The molecule has 2 aromatic carbocycles. The summed E-state index contributed by atoms with van der Waals surface area (Å²) in [5.74, 6) is -3.15. The standard InChI is InChI=1S/C27H20O7/c1-24(2)12-13-25(34-24)26(23(31)33-3)18-19(21(29)15-9-5-4-8-14(15)20(18)28)27(25,32)17-11-7-6-10-16(17)22(26)30/h4-13,32H,1-3H3/t25-,26+,27?/m1/s1. The average molecular weight is 456 g/mol. The topological polar surface area (TPSA) is 107 Å². The van der Waals surface area contributed by atoms with Crippen LogP contribution in [0.1, 0.15) is 50.5 Å². The predicted molar refractivity (Wildman–Crippen MR) is 118 cm³/mol. The molecular formula is C27H20O7. The van der Waals surface area contributed by atoms with E-state index in [1.165, 1.54) is 30.3 Å². The molecule has 4 aliphatic rings. The highest BCUT2D eigenvalue weighted by molar-refractivity contribution is 6.36. The number of ketones is 3. The van der Waals surface area contributed by atoms with Gasteiger partial charge in [-0.05, 0) is 19.9 Å². The molecule has 2 bridgehead atoms. The minimum absolute atomic E-state index is 0.0294. The first-order valence-corrected chi connectivity index (χ1v) is 10.9. The number of fused-ring (bicyclic) bond motifs is 5. The lowest BCUT2D eigenvalue weighted by atomic mass is 9.56. The molecule has 0 radical (unpaired) electrons. The van der Waals surface area contributed by atoms with E-state index in [4.69, 9.17) is 9.47 Å². The number of Topliss-reactive ketones (excluding diaryl/α,β-unsaturated/α-hetero) is 3. The number of ether oxygens (including phenoxy) is 2. The van der Waals surface area contributed by atoms with E-state index < -0.39 is 45.5 Å². The third-order valence-electron chi connectivity index (χ3n) is 7.49. The summed E-state index contributed by atoms with van der Waals surface area (Å²) in [5, 5.41) is 12.6. The van der Waals surface area contributed by atoms with Crippen molar-refractivity contribution in [2.45, 2.75) is 30.7 Å². The Morgan fingerprint density at radius 2 is 1.41 bits per heavy atom. The van der Waals surface area contributed by atoms with Crippen LogP contribution in [0.25, 0.3) is 0 Å². The van der Waals surface area contributed by atoms with Gasteiger partial charge in [0.05, 0.1) is 12.7 Å². The molecule has 7 heteroatoms. The van der Waals surface area contributed by atoms with Gasteiger partial charge in [0.2, 0.25) is 0 Å². The lowest BCUT2D eigenvalue weighted by Gasteiger charge is -2.51. The number of hydrogen-bond acceptors (Lipinski definition) is 7.